The van der Waals surface area contributed by atoms with Gasteiger partial charge in [-0.1, -0.05) is 0 Å². The summed E-state index contributed by atoms with van der Waals surface area (Å²) in [5.74, 6) is 0.639. The Labute approximate surface area is 68.8 Å². The molecular weight excluding hydrogens is 156 g/mol. The minimum atomic E-state index is 0.175. The summed E-state index contributed by atoms with van der Waals surface area (Å²) in [6.45, 7) is 0. The van der Waals surface area contributed by atoms with E-state index in [1.165, 1.54) is 0 Å². The van der Waals surface area contributed by atoms with E-state index in [-0.39, 0.29) is 6.01 Å². The van der Waals surface area contributed by atoms with Crippen LogP contribution in [0.2, 0.25) is 0 Å². The molecule has 0 aliphatic carbocycles. The van der Waals surface area contributed by atoms with Crippen LogP contribution < -0.4 is 5.73 Å². The van der Waals surface area contributed by atoms with Crippen LogP contribution in [0.25, 0.3) is 11.3 Å². The van der Waals surface area contributed by atoms with Crippen molar-refractivity contribution >= 4 is 6.01 Å². The predicted octanol–water partition coefficient (Wildman–Crippen LogP) is 0.657. The van der Waals surface area contributed by atoms with E-state index in [0.29, 0.717) is 5.76 Å². The molecule has 2 aromatic heterocycles. The number of anilines is 1. The molecule has 0 radical (unpaired) electrons. The van der Waals surface area contributed by atoms with Crippen molar-refractivity contribution in [2.24, 2.45) is 7.05 Å². The lowest BCUT2D eigenvalue weighted by molar-refractivity contribution is 0.595. The molecule has 0 aromatic carbocycles. The molecule has 0 fully saturated rings. The van der Waals surface area contributed by atoms with Gasteiger partial charge in [0, 0.05) is 13.2 Å². The number of hydrogen-bond acceptors (Lipinski definition) is 4. The van der Waals surface area contributed by atoms with Gasteiger partial charge < -0.3 is 10.2 Å². The third-order valence-corrected chi connectivity index (χ3v) is 1.51. The molecule has 0 aliphatic rings. The summed E-state index contributed by atoms with van der Waals surface area (Å²) in [5.41, 5.74) is 6.19. The molecule has 0 atom stereocenters. The molecule has 2 heterocycles. The van der Waals surface area contributed by atoms with Crippen molar-refractivity contribution in [3.05, 3.63) is 18.6 Å². The molecule has 2 aromatic rings. The van der Waals surface area contributed by atoms with E-state index in [0.717, 1.165) is 5.56 Å². The topological polar surface area (TPSA) is 69.9 Å². The summed E-state index contributed by atoms with van der Waals surface area (Å²) in [6, 6.07) is 0.175. The van der Waals surface area contributed by atoms with Gasteiger partial charge in [-0.3, -0.25) is 4.68 Å². The summed E-state index contributed by atoms with van der Waals surface area (Å²) >= 11 is 0. The van der Waals surface area contributed by atoms with Crippen molar-refractivity contribution in [2.75, 3.05) is 5.73 Å². The Morgan fingerprint density at radius 3 is 2.83 bits per heavy atom. The number of aryl methyl sites for hydroxylation is 1. The molecule has 2 N–H and O–H groups in total. The molecular formula is C7H8N4O. The average Bonchev–Trinajstić information content (AvgIpc) is 2.58. The monoisotopic (exact) mass is 164 g/mol. The highest BCUT2D eigenvalue weighted by molar-refractivity contribution is 5.54. The first-order valence-electron chi connectivity index (χ1n) is 3.46. The number of oxazole rings is 1. The summed E-state index contributed by atoms with van der Waals surface area (Å²) < 4.78 is 6.78. The number of rotatable bonds is 1. The van der Waals surface area contributed by atoms with Crippen LogP contribution >= 0.6 is 0 Å². The summed E-state index contributed by atoms with van der Waals surface area (Å²) in [4.78, 5) is 3.78. The number of nitrogens with two attached hydrogens (primary N) is 1. The fourth-order valence-corrected chi connectivity index (χ4v) is 0.970. The van der Waals surface area contributed by atoms with E-state index in [2.05, 4.69) is 10.1 Å². The van der Waals surface area contributed by atoms with E-state index < -0.39 is 0 Å². The first kappa shape index (κ1) is 6.90. The molecule has 5 heteroatoms. The third-order valence-electron chi connectivity index (χ3n) is 1.51. The van der Waals surface area contributed by atoms with Crippen LogP contribution in [-0.2, 0) is 7.05 Å². The van der Waals surface area contributed by atoms with Gasteiger partial charge in [0.25, 0.3) is 6.01 Å². The van der Waals surface area contributed by atoms with Crippen molar-refractivity contribution in [1.29, 1.82) is 0 Å². The molecule has 2 rings (SSSR count). The minimum absolute atomic E-state index is 0.175. The molecule has 0 saturated heterocycles. The fourth-order valence-electron chi connectivity index (χ4n) is 0.970. The van der Waals surface area contributed by atoms with Crippen molar-refractivity contribution in [3.8, 4) is 11.3 Å². The average molecular weight is 164 g/mol. The van der Waals surface area contributed by atoms with Gasteiger partial charge in [0.2, 0.25) is 0 Å². The maximum atomic E-state index is 5.32. The molecule has 62 valence electrons. The van der Waals surface area contributed by atoms with Crippen LogP contribution in [0, 0.1) is 0 Å². The quantitative estimate of drug-likeness (QED) is 0.672. The molecule has 12 heavy (non-hydrogen) atoms. The molecule has 0 aliphatic heterocycles. The molecule has 0 bridgehead atoms. The maximum Gasteiger partial charge on any atom is 0.292 e. The number of nitrogens with zero attached hydrogens (tertiary/aromatic N) is 3. The standard InChI is InChI=1S/C7H8N4O/c1-11-4-5(2-10-11)6-3-9-7(8)12-6/h2-4H,1H3,(H2,8,9). The Bertz CT molecular complexity index is 351. The van der Waals surface area contributed by atoms with Crippen LogP contribution in [0.3, 0.4) is 0 Å². The van der Waals surface area contributed by atoms with Gasteiger partial charge in [0.1, 0.15) is 0 Å². The van der Waals surface area contributed by atoms with Gasteiger partial charge in [-0.05, 0) is 0 Å². The first-order chi connectivity index (χ1) is 5.75. The molecule has 0 spiro atoms. The Kier molecular flexibility index (Phi) is 1.36. The third kappa shape index (κ3) is 1.05. The SMILES string of the molecule is Cn1cc(-c2cnc(N)o2)cn1. The van der Waals surface area contributed by atoms with Gasteiger partial charge in [-0.15, -0.1) is 0 Å². The predicted molar refractivity (Wildman–Crippen MR) is 43.1 cm³/mol. The lowest BCUT2D eigenvalue weighted by Gasteiger charge is -1.85. The van der Waals surface area contributed by atoms with Crippen molar-refractivity contribution in [2.45, 2.75) is 0 Å². The van der Waals surface area contributed by atoms with Crippen LogP contribution in [0.15, 0.2) is 23.0 Å². The maximum absolute atomic E-state index is 5.32. The van der Waals surface area contributed by atoms with Crippen LogP contribution in [0.4, 0.5) is 6.01 Å². The number of aromatic nitrogens is 3. The summed E-state index contributed by atoms with van der Waals surface area (Å²) in [5, 5.41) is 3.99. The highest BCUT2D eigenvalue weighted by Gasteiger charge is 2.04. The Balaban J connectivity index is 2.43. The lowest BCUT2D eigenvalue weighted by Crippen LogP contribution is -1.83. The van der Waals surface area contributed by atoms with Gasteiger partial charge in [0.05, 0.1) is 18.0 Å². The zero-order valence-electron chi connectivity index (χ0n) is 6.56. The van der Waals surface area contributed by atoms with Gasteiger partial charge in [0.15, 0.2) is 5.76 Å². The second kappa shape index (κ2) is 2.37. The number of nitrogen functional groups attached to an aromatic ring is 1. The highest BCUT2D eigenvalue weighted by atomic mass is 16.4. The van der Waals surface area contributed by atoms with Crippen molar-refractivity contribution in [3.63, 3.8) is 0 Å². The van der Waals surface area contributed by atoms with Gasteiger partial charge >= 0.3 is 0 Å². The zero-order chi connectivity index (χ0) is 8.55. The lowest BCUT2D eigenvalue weighted by atomic mass is 10.3. The molecule has 0 saturated carbocycles. The van der Waals surface area contributed by atoms with Crippen LogP contribution in [0.5, 0.6) is 0 Å². The largest absolute Gasteiger partial charge is 0.424 e. The van der Waals surface area contributed by atoms with Gasteiger partial charge in [-0.2, -0.15) is 5.10 Å². The first-order valence-corrected chi connectivity index (χ1v) is 3.46. The normalized spacial score (nSPS) is 10.4. The van der Waals surface area contributed by atoms with Crippen molar-refractivity contribution in [1.82, 2.24) is 14.8 Å². The van der Waals surface area contributed by atoms with Gasteiger partial charge in [-0.25, -0.2) is 4.98 Å². The Morgan fingerprint density at radius 1 is 1.50 bits per heavy atom. The van der Waals surface area contributed by atoms with E-state index >= 15 is 0 Å². The minimum Gasteiger partial charge on any atom is -0.424 e. The summed E-state index contributed by atoms with van der Waals surface area (Å²) in [6.07, 6.45) is 5.10. The second-order valence-corrected chi connectivity index (χ2v) is 2.47. The smallest absolute Gasteiger partial charge is 0.292 e. The Hall–Kier alpha value is -1.78. The fraction of sp³-hybridized carbons (Fsp3) is 0.143. The zero-order valence-corrected chi connectivity index (χ0v) is 6.56. The number of hydrogen-bond donors (Lipinski definition) is 1. The van der Waals surface area contributed by atoms with Crippen LogP contribution in [0.1, 0.15) is 0 Å². The molecule has 5 nitrogen and oxygen atoms in total. The second-order valence-electron chi connectivity index (χ2n) is 2.47. The highest BCUT2D eigenvalue weighted by Crippen LogP contribution is 2.19. The van der Waals surface area contributed by atoms with E-state index in [1.807, 2.05) is 13.2 Å². The van der Waals surface area contributed by atoms with E-state index in [9.17, 15) is 0 Å². The van der Waals surface area contributed by atoms with Crippen molar-refractivity contribution < 1.29 is 4.42 Å². The van der Waals surface area contributed by atoms with E-state index in [4.69, 9.17) is 10.2 Å². The summed E-state index contributed by atoms with van der Waals surface area (Å²) in [7, 11) is 1.84. The van der Waals surface area contributed by atoms with Crippen LogP contribution in [-0.4, -0.2) is 14.8 Å². The molecule has 0 amide bonds. The molecule has 0 unspecified atom stereocenters. The Morgan fingerprint density at radius 2 is 2.33 bits per heavy atom. The van der Waals surface area contributed by atoms with E-state index in [1.54, 1.807) is 17.1 Å².